The van der Waals surface area contributed by atoms with Gasteiger partial charge in [0.25, 0.3) is 0 Å². The molecule has 0 atom stereocenters. The van der Waals surface area contributed by atoms with Gasteiger partial charge in [0.1, 0.15) is 11.2 Å². The number of anilines is 3. The lowest BCUT2D eigenvalue weighted by atomic mass is 9.82. The smallest absolute Gasteiger partial charge is 0.143 e. The van der Waals surface area contributed by atoms with E-state index >= 15 is 0 Å². The van der Waals surface area contributed by atoms with Gasteiger partial charge in [-0.1, -0.05) is 147 Å². The molecule has 1 aliphatic rings. The van der Waals surface area contributed by atoms with E-state index in [-0.39, 0.29) is 5.41 Å². The lowest BCUT2D eigenvalue weighted by Crippen LogP contribution is -2.15. The lowest BCUT2D eigenvalue weighted by Gasteiger charge is -2.26. The summed E-state index contributed by atoms with van der Waals surface area (Å²) < 4.78 is 8.83. The minimum Gasteiger partial charge on any atom is -0.455 e. The molecule has 3 heteroatoms. The van der Waals surface area contributed by atoms with Gasteiger partial charge in [-0.05, 0) is 112 Å². The van der Waals surface area contributed by atoms with Gasteiger partial charge < -0.3 is 13.9 Å². The fraction of sp³-hybridized carbons (Fsp3) is 0.0526. The van der Waals surface area contributed by atoms with E-state index in [4.69, 9.17) is 4.42 Å². The van der Waals surface area contributed by atoms with Crippen LogP contribution in [0.1, 0.15) is 25.0 Å². The molecule has 11 aromatic rings. The SMILES string of the molecule is CC1(C)c2ccccc2-c2ccc(-n3c4ccccc4c4cc(-c5ccc(N(c6ccccc6)c6ccc(-c7cccc8c7oc7ccccc78)cc6)cc5)ccc43)cc21. The molecule has 0 unspecified atom stereocenters. The second kappa shape index (κ2) is 13.2. The van der Waals surface area contributed by atoms with Crippen LogP contribution in [0.3, 0.4) is 0 Å². The van der Waals surface area contributed by atoms with Gasteiger partial charge in [0.05, 0.1) is 11.0 Å². The molecule has 0 aliphatic heterocycles. The fourth-order valence-corrected chi connectivity index (χ4v) is 9.85. The van der Waals surface area contributed by atoms with E-state index in [1.807, 2.05) is 12.1 Å². The van der Waals surface area contributed by atoms with Crippen molar-refractivity contribution in [2.24, 2.45) is 0 Å². The van der Waals surface area contributed by atoms with Crippen LogP contribution in [0.5, 0.6) is 0 Å². The maximum Gasteiger partial charge on any atom is 0.143 e. The number of para-hydroxylation sites is 4. The number of benzene rings is 9. The molecule has 0 bridgehead atoms. The molecule has 0 spiro atoms. The molecule has 0 fully saturated rings. The second-order valence-electron chi connectivity index (χ2n) is 16.5. The predicted octanol–water partition coefficient (Wildman–Crippen LogP) is 15.8. The largest absolute Gasteiger partial charge is 0.455 e. The zero-order valence-corrected chi connectivity index (χ0v) is 33.4. The van der Waals surface area contributed by atoms with Crippen molar-refractivity contribution in [1.29, 1.82) is 0 Å². The second-order valence-corrected chi connectivity index (χ2v) is 16.5. The Kier molecular flexibility index (Phi) is 7.58. The van der Waals surface area contributed by atoms with Crippen LogP contribution in [0.15, 0.2) is 211 Å². The molecule has 0 saturated heterocycles. The van der Waals surface area contributed by atoms with E-state index in [9.17, 15) is 0 Å². The molecule has 0 saturated carbocycles. The maximum absolute atomic E-state index is 6.39. The number of furan rings is 1. The van der Waals surface area contributed by atoms with Gasteiger partial charge in [0.15, 0.2) is 0 Å². The van der Waals surface area contributed by atoms with Gasteiger partial charge in [-0.25, -0.2) is 0 Å². The first-order valence-electron chi connectivity index (χ1n) is 20.8. The number of hydrogen-bond donors (Lipinski definition) is 0. The van der Waals surface area contributed by atoms with Gasteiger partial charge in [0, 0.05) is 55.3 Å². The van der Waals surface area contributed by atoms with Crippen molar-refractivity contribution in [1.82, 2.24) is 4.57 Å². The number of hydrogen-bond acceptors (Lipinski definition) is 2. The highest BCUT2D eigenvalue weighted by Crippen LogP contribution is 2.49. The summed E-state index contributed by atoms with van der Waals surface area (Å²) in [7, 11) is 0. The van der Waals surface area contributed by atoms with Crippen molar-refractivity contribution in [3.8, 4) is 39.1 Å². The van der Waals surface area contributed by atoms with Gasteiger partial charge >= 0.3 is 0 Å². The van der Waals surface area contributed by atoms with Crippen LogP contribution in [-0.2, 0) is 5.41 Å². The summed E-state index contributed by atoms with van der Waals surface area (Å²) in [6, 6.07) is 74.7. The molecule has 2 aromatic heterocycles. The first-order valence-corrected chi connectivity index (χ1v) is 20.8. The van der Waals surface area contributed by atoms with Gasteiger partial charge in [0.2, 0.25) is 0 Å². The molecule has 9 aromatic carbocycles. The number of nitrogens with zero attached hydrogens (tertiary/aromatic N) is 2. The Morgan fingerprint density at radius 2 is 1.00 bits per heavy atom. The summed E-state index contributed by atoms with van der Waals surface area (Å²) >= 11 is 0. The molecule has 12 rings (SSSR count). The monoisotopic (exact) mass is 768 g/mol. The van der Waals surface area contributed by atoms with E-state index in [2.05, 4.69) is 217 Å². The molecule has 0 radical (unpaired) electrons. The first-order chi connectivity index (χ1) is 29.5. The third kappa shape index (κ3) is 5.22. The molecule has 60 heavy (non-hydrogen) atoms. The Labute approximate surface area is 349 Å². The highest BCUT2D eigenvalue weighted by molar-refractivity contribution is 6.11. The molecule has 0 N–H and O–H groups in total. The van der Waals surface area contributed by atoms with Crippen LogP contribution in [0.2, 0.25) is 0 Å². The first kappa shape index (κ1) is 34.4. The predicted molar refractivity (Wildman–Crippen MR) is 251 cm³/mol. The van der Waals surface area contributed by atoms with E-state index in [1.54, 1.807) is 0 Å². The summed E-state index contributed by atoms with van der Waals surface area (Å²) in [4.78, 5) is 2.32. The van der Waals surface area contributed by atoms with Crippen LogP contribution < -0.4 is 4.90 Å². The van der Waals surface area contributed by atoms with E-state index < -0.39 is 0 Å². The Balaban J connectivity index is 0.904. The van der Waals surface area contributed by atoms with Crippen molar-refractivity contribution in [2.45, 2.75) is 19.3 Å². The average molecular weight is 769 g/mol. The molecule has 0 amide bonds. The van der Waals surface area contributed by atoms with Crippen LogP contribution in [0.4, 0.5) is 17.1 Å². The van der Waals surface area contributed by atoms with E-state index in [0.717, 1.165) is 50.1 Å². The quantitative estimate of drug-likeness (QED) is 0.168. The zero-order valence-electron chi connectivity index (χ0n) is 33.4. The Hall–Kier alpha value is -7.62. The third-order valence-corrected chi connectivity index (χ3v) is 12.8. The number of rotatable bonds is 6. The van der Waals surface area contributed by atoms with Crippen LogP contribution in [0.25, 0.3) is 82.8 Å². The van der Waals surface area contributed by atoms with Crippen molar-refractivity contribution < 1.29 is 4.42 Å². The van der Waals surface area contributed by atoms with Crippen molar-refractivity contribution in [3.63, 3.8) is 0 Å². The van der Waals surface area contributed by atoms with Crippen molar-refractivity contribution in [3.05, 3.63) is 217 Å². The molecular formula is C57H40N2O. The Morgan fingerprint density at radius 1 is 0.400 bits per heavy atom. The molecule has 3 nitrogen and oxygen atoms in total. The normalized spacial score (nSPS) is 13.0. The highest BCUT2D eigenvalue weighted by atomic mass is 16.3. The Bertz CT molecular complexity index is 3440. The molecule has 284 valence electrons. The topological polar surface area (TPSA) is 21.3 Å². The lowest BCUT2D eigenvalue weighted by molar-refractivity contribution is 0.660. The molecule has 2 heterocycles. The van der Waals surface area contributed by atoms with Gasteiger partial charge in [-0.3, -0.25) is 0 Å². The summed E-state index contributed by atoms with van der Waals surface area (Å²) in [6.45, 7) is 4.70. The average Bonchev–Trinajstić information content (AvgIpc) is 3.92. The summed E-state index contributed by atoms with van der Waals surface area (Å²) in [5, 5.41) is 4.78. The van der Waals surface area contributed by atoms with Crippen LogP contribution >= 0.6 is 0 Å². The van der Waals surface area contributed by atoms with Crippen LogP contribution in [-0.4, -0.2) is 4.57 Å². The molecular weight excluding hydrogens is 729 g/mol. The fourth-order valence-electron chi connectivity index (χ4n) is 9.85. The summed E-state index contributed by atoms with van der Waals surface area (Å²) in [5.41, 5.74) is 18.7. The van der Waals surface area contributed by atoms with Gasteiger partial charge in [-0.15, -0.1) is 0 Å². The number of fused-ring (bicyclic) bond motifs is 9. The van der Waals surface area contributed by atoms with Crippen molar-refractivity contribution >= 4 is 60.8 Å². The molecule has 1 aliphatic carbocycles. The summed E-state index contributed by atoms with van der Waals surface area (Å²) in [6.07, 6.45) is 0. The van der Waals surface area contributed by atoms with E-state index in [1.165, 1.54) is 60.9 Å². The van der Waals surface area contributed by atoms with Gasteiger partial charge in [-0.2, -0.15) is 0 Å². The Morgan fingerprint density at radius 3 is 1.82 bits per heavy atom. The van der Waals surface area contributed by atoms with E-state index in [0.29, 0.717) is 0 Å². The maximum atomic E-state index is 6.39. The number of aromatic nitrogens is 1. The van der Waals surface area contributed by atoms with Crippen LogP contribution in [0, 0.1) is 0 Å². The highest BCUT2D eigenvalue weighted by Gasteiger charge is 2.35. The zero-order chi connectivity index (χ0) is 40.0. The standard InChI is InChI=1S/C57H40N2O/c1-57(2)51-20-9-6-15-45(51)46-33-32-43(36-52(46)57)59-53-21-10-7-16-47(53)50-35-39(27-34-54(50)59)37-23-28-41(29-24-37)58(40-13-4-3-5-14-40)42-30-25-38(26-31-42)44-18-12-19-49-48-17-8-11-22-55(48)60-56(44)49/h3-36H,1-2H3. The third-order valence-electron chi connectivity index (χ3n) is 12.8. The summed E-state index contributed by atoms with van der Waals surface area (Å²) in [5.74, 6) is 0. The minimum atomic E-state index is -0.0645. The van der Waals surface area contributed by atoms with Crippen molar-refractivity contribution in [2.75, 3.05) is 4.90 Å². The minimum absolute atomic E-state index is 0.0645.